The second-order valence-electron chi connectivity index (χ2n) is 3.02. The molecule has 0 saturated heterocycles. The van der Waals surface area contributed by atoms with Gasteiger partial charge in [-0.1, -0.05) is 12.1 Å². The number of hydrogen-bond acceptors (Lipinski definition) is 1. The maximum atomic E-state index is 13.2. The highest BCUT2D eigenvalue weighted by Crippen LogP contribution is 2.13. The summed E-state index contributed by atoms with van der Waals surface area (Å²) in [4.78, 5) is 0. The quantitative estimate of drug-likeness (QED) is 0.747. The van der Waals surface area contributed by atoms with Crippen LogP contribution in [0.1, 0.15) is 5.56 Å². The van der Waals surface area contributed by atoms with E-state index in [0.717, 1.165) is 16.8 Å². The van der Waals surface area contributed by atoms with Crippen LogP contribution in [0.3, 0.4) is 0 Å². The Morgan fingerprint density at radius 2 is 1.93 bits per heavy atom. The molecule has 2 nitrogen and oxygen atoms in total. The number of rotatable bonds is 2. The van der Waals surface area contributed by atoms with E-state index in [1.54, 1.807) is 0 Å². The highest BCUT2D eigenvalue weighted by atomic mass is 19.2. The Morgan fingerprint density at radius 1 is 1.13 bits per heavy atom. The van der Waals surface area contributed by atoms with Gasteiger partial charge < -0.3 is 0 Å². The van der Waals surface area contributed by atoms with Gasteiger partial charge in [-0.15, -0.1) is 0 Å². The van der Waals surface area contributed by atoms with Gasteiger partial charge in [0.25, 0.3) is 0 Å². The fraction of sp³-hybridized carbons (Fsp3) is 0.100. The number of halogens is 3. The molecule has 0 aliphatic heterocycles. The molecule has 1 aromatic carbocycles. The molecule has 0 radical (unpaired) electrons. The zero-order valence-electron chi connectivity index (χ0n) is 7.62. The highest BCUT2D eigenvalue weighted by molar-refractivity contribution is 5.19. The van der Waals surface area contributed by atoms with Crippen LogP contribution >= 0.6 is 0 Å². The maximum Gasteiger partial charge on any atom is 0.211 e. The zero-order chi connectivity index (χ0) is 10.8. The van der Waals surface area contributed by atoms with E-state index in [4.69, 9.17) is 0 Å². The van der Waals surface area contributed by atoms with Crippen LogP contribution in [-0.4, -0.2) is 9.78 Å². The minimum atomic E-state index is -0.965. The predicted octanol–water partition coefficient (Wildman–Crippen LogP) is 2.35. The molecule has 2 rings (SSSR count). The lowest BCUT2D eigenvalue weighted by atomic mass is 10.2. The Morgan fingerprint density at radius 3 is 2.60 bits per heavy atom. The van der Waals surface area contributed by atoms with Crippen molar-refractivity contribution >= 4 is 0 Å². The van der Waals surface area contributed by atoms with E-state index in [-0.39, 0.29) is 12.1 Å². The van der Waals surface area contributed by atoms with Gasteiger partial charge in [0.05, 0.1) is 12.7 Å². The summed E-state index contributed by atoms with van der Waals surface area (Å²) in [5.74, 6) is -2.49. The van der Waals surface area contributed by atoms with Gasteiger partial charge in [-0.2, -0.15) is 9.49 Å². The van der Waals surface area contributed by atoms with Gasteiger partial charge in [0.15, 0.2) is 11.6 Å². The van der Waals surface area contributed by atoms with Crippen molar-refractivity contribution in [3.8, 4) is 0 Å². The molecule has 1 aromatic heterocycles. The number of nitrogens with zero attached hydrogens (tertiary/aromatic N) is 2. The Hall–Kier alpha value is -1.78. The molecule has 0 atom stereocenters. The van der Waals surface area contributed by atoms with Crippen LogP contribution in [0.4, 0.5) is 13.2 Å². The van der Waals surface area contributed by atoms with Crippen molar-refractivity contribution in [3.63, 3.8) is 0 Å². The molecule has 0 spiro atoms. The molecular formula is C10H7F3N2. The van der Waals surface area contributed by atoms with Crippen molar-refractivity contribution in [1.29, 1.82) is 0 Å². The van der Waals surface area contributed by atoms with Crippen LogP contribution in [0.15, 0.2) is 30.5 Å². The molecule has 0 amide bonds. The highest BCUT2D eigenvalue weighted by Gasteiger charge is 2.09. The second-order valence-corrected chi connectivity index (χ2v) is 3.02. The normalized spacial score (nSPS) is 10.6. The first-order valence-electron chi connectivity index (χ1n) is 4.28. The minimum Gasteiger partial charge on any atom is -0.235 e. The van der Waals surface area contributed by atoms with Gasteiger partial charge in [0.1, 0.15) is 0 Å². The molecule has 5 heteroatoms. The van der Waals surface area contributed by atoms with Gasteiger partial charge in [-0.05, 0) is 6.07 Å². The molecule has 0 unspecified atom stereocenters. The lowest BCUT2D eigenvalue weighted by molar-refractivity contribution is 0.457. The number of benzene rings is 1. The predicted molar refractivity (Wildman–Crippen MR) is 47.6 cm³/mol. The lowest BCUT2D eigenvalue weighted by Crippen LogP contribution is -2.06. The van der Waals surface area contributed by atoms with E-state index >= 15 is 0 Å². The summed E-state index contributed by atoms with van der Waals surface area (Å²) in [5.41, 5.74) is 0.0672. The summed E-state index contributed by atoms with van der Waals surface area (Å²) in [6.45, 7) is -0.123. The Labute approximate surface area is 84.0 Å². The van der Waals surface area contributed by atoms with Crippen LogP contribution in [0.25, 0.3) is 0 Å². The molecule has 0 saturated carbocycles. The zero-order valence-corrected chi connectivity index (χ0v) is 7.62. The summed E-state index contributed by atoms with van der Waals surface area (Å²) in [6.07, 6.45) is 1.26. The van der Waals surface area contributed by atoms with Gasteiger partial charge >= 0.3 is 0 Å². The van der Waals surface area contributed by atoms with E-state index in [1.165, 1.54) is 18.3 Å². The molecule has 0 N–H and O–H groups in total. The van der Waals surface area contributed by atoms with Gasteiger partial charge in [-0.3, -0.25) is 0 Å². The second kappa shape index (κ2) is 3.76. The molecule has 78 valence electrons. The van der Waals surface area contributed by atoms with E-state index in [1.807, 2.05) is 0 Å². The van der Waals surface area contributed by atoms with Crippen LogP contribution in [0.2, 0.25) is 0 Å². The van der Waals surface area contributed by atoms with Crippen molar-refractivity contribution in [2.24, 2.45) is 0 Å². The molecule has 0 aliphatic carbocycles. The number of hydrogen-bond donors (Lipinski definition) is 0. The maximum absolute atomic E-state index is 13.2. The Balaban J connectivity index is 2.33. The fourth-order valence-corrected chi connectivity index (χ4v) is 1.26. The van der Waals surface area contributed by atoms with Crippen LogP contribution < -0.4 is 0 Å². The van der Waals surface area contributed by atoms with Gasteiger partial charge in [0, 0.05) is 11.6 Å². The Bertz CT molecular complexity index is 479. The molecule has 15 heavy (non-hydrogen) atoms. The third-order valence-electron chi connectivity index (χ3n) is 2.02. The van der Waals surface area contributed by atoms with Crippen molar-refractivity contribution in [2.75, 3.05) is 0 Å². The average molecular weight is 212 g/mol. The van der Waals surface area contributed by atoms with Crippen LogP contribution in [0, 0.1) is 17.6 Å². The molecular weight excluding hydrogens is 205 g/mol. The molecule has 1 heterocycles. The lowest BCUT2D eigenvalue weighted by Gasteiger charge is -2.04. The van der Waals surface area contributed by atoms with E-state index in [0.29, 0.717) is 0 Å². The summed E-state index contributed by atoms with van der Waals surface area (Å²) >= 11 is 0. The minimum absolute atomic E-state index is 0.0672. The van der Waals surface area contributed by atoms with Crippen molar-refractivity contribution < 1.29 is 13.2 Å². The first-order chi connectivity index (χ1) is 7.18. The van der Waals surface area contributed by atoms with Crippen molar-refractivity contribution in [2.45, 2.75) is 6.54 Å². The van der Waals surface area contributed by atoms with Gasteiger partial charge in [-0.25, -0.2) is 13.5 Å². The molecule has 0 aliphatic rings. The SMILES string of the molecule is Fc1cccc(Cn2nccc2F)c1F. The largest absolute Gasteiger partial charge is 0.235 e. The average Bonchev–Trinajstić information content (AvgIpc) is 2.60. The standard InChI is InChI=1S/C10H7F3N2/c11-8-3-1-2-7(10(8)13)6-15-9(12)4-5-14-15/h1-5H,6H2. The molecule has 0 bridgehead atoms. The summed E-state index contributed by atoms with van der Waals surface area (Å²) in [6, 6.07) is 4.92. The van der Waals surface area contributed by atoms with Crippen molar-refractivity contribution in [3.05, 3.63) is 53.6 Å². The van der Waals surface area contributed by atoms with Crippen LogP contribution in [0.5, 0.6) is 0 Å². The number of aromatic nitrogens is 2. The third-order valence-corrected chi connectivity index (χ3v) is 2.02. The van der Waals surface area contributed by atoms with E-state index in [2.05, 4.69) is 5.10 Å². The molecule has 0 fully saturated rings. The van der Waals surface area contributed by atoms with E-state index < -0.39 is 17.6 Å². The third kappa shape index (κ3) is 1.86. The van der Waals surface area contributed by atoms with E-state index in [9.17, 15) is 13.2 Å². The fourth-order valence-electron chi connectivity index (χ4n) is 1.26. The van der Waals surface area contributed by atoms with Gasteiger partial charge in [0.2, 0.25) is 5.95 Å². The first-order valence-corrected chi connectivity index (χ1v) is 4.28. The summed E-state index contributed by atoms with van der Waals surface area (Å²) in [5, 5.41) is 3.63. The smallest absolute Gasteiger partial charge is 0.211 e. The van der Waals surface area contributed by atoms with Crippen molar-refractivity contribution in [1.82, 2.24) is 9.78 Å². The summed E-state index contributed by atoms with van der Waals surface area (Å²) < 4.78 is 39.9. The topological polar surface area (TPSA) is 17.8 Å². The Kier molecular flexibility index (Phi) is 2.45. The van der Waals surface area contributed by atoms with Crippen LogP contribution in [-0.2, 0) is 6.54 Å². The first kappa shape index (κ1) is 9.76. The molecule has 2 aromatic rings. The monoisotopic (exact) mass is 212 g/mol. The summed E-state index contributed by atoms with van der Waals surface area (Å²) in [7, 11) is 0.